The molecule has 5 heterocycles. The van der Waals surface area contributed by atoms with Crippen molar-refractivity contribution in [1.82, 2.24) is 24.7 Å². The van der Waals surface area contributed by atoms with E-state index in [1.165, 1.54) is 0 Å². The van der Waals surface area contributed by atoms with Crippen molar-refractivity contribution < 1.29 is 19.0 Å². The molecule has 0 spiro atoms. The standard InChI is InChI=1S/C33H41ClN8O4/c1-33(2,3)46-32(43)36-22-7-11-40(12-8-22)29-6-10-35-31(38-29)41-16-14-39(15-17-41)23-9-13-42-21-26(37-30(42)18-23)24-19-25(34)28(45-5)20-27(24)44-4/h6,9-10,13,18-22H,7-8,11-12,14-17H2,1-5H3,(H,36,43). The second-order valence-corrected chi connectivity index (χ2v) is 13.0. The molecule has 0 atom stereocenters. The molecule has 244 valence electrons. The van der Waals surface area contributed by atoms with Crippen LogP contribution in [-0.2, 0) is 4.74 Å². The van der Waals surface area contributed by atoms with Gasteiger partial charge in [-0.2, -0.15) is 4.98 Å². The highest BCUT2D eigenvalue weighted by Crippen LogP contribution is 2.38. The smallest absolute Gasteiger partial charge is 0.407 e. The summed E-state index contributed by atoms with van der Waals surface area (Å²) in [5, 5.41) is 3.50. The maximum Gasteiger partial charge on any atom is 0.407 e. The Hall–Kier alpha value is -4.45. The van der Waals surface area contributed by atoms with Crippen molar-refractivity contribution in [2.24, 2.45) is 0 Å². The molecular formula is C33H41ClN8O4. The molecule has 12 nitrogen and oxygen atoms in total. The van der Waals surface area contributed by atoms with Crippen molar-refractivity contribution in [1.29, 1.82) is 0 Å². The topological polar surface area (TPSA) is 110 Å². The number of ether oxygens (including phenoxy) is 3. The van der Waals surface area contributed by atoms with E-state index in [0.29, 0.717) is 16.5 Å². The molecule has 0 radical (unpaired) electrons. The zero-order valence-electron chi connectivity index (χ0n) is 27.0. The zero-order chi connectivity index (χ0) is 32.4. The number of carbonyl (C=O) groups is 1. The van der Waals surface area contributed by atoms with Gasteiger partial charge < -0.3 is 38.6 Å². The number of benzene rings is 1. The van der Waals surface area contributed by atoms with Gasteiger partial charge in [-0.05, 0) is 51.8 Å². The molecule has 46 heavy (non-hydrogen) atoms. The molecule has 0 bridgehead atoms. The van der Waals surface area contributed by atoms with Gasteiger partial charge in [0.1, 0.15) is 28.6 Å². The highest BCUT2D eigenvalue weighted by atomic mass is 35.5. The van der Waals surface area contributed by atoms with Crippen LogP contribution in [0.5, 0.6) is 11.5 Å². The number of amides is 1. The number of nitrogens with one attached hydrogen (secondary N) is 1. The quantitative estimate of drug-likeness (QED) is 0.284. The number of aromatic nitrogens is 4. The van der Waals surface area contributed by atoms with Gasteiger partial charge in [-0.15, -0.1) is 0 Å². The largest absolute Gasteiger partial charge is 0.496 e. The molecule has 2 fully saturated rings. The van der Waals surface area contributed by atoms with Crippen molar-refractivity contribution >= 4 is 40.8 Å². The van der Waals surface area contributed by atoms with Gasteiger partial charge in [-0.1, -0.05) is 11.6 Å². The lowest BCUT2D eigenvalue weighted by Gasteiger charge is -2.37. The van der Waals surface area contributed by atoms with Crippen LogP contribution in [0.1, 0.15) is 33.6 Å². The van der Waals surface area contributed by atoms with Crippen LogP contribution in [-0.4, -0.2) is 90.6 Å². The van der Waals surface area contributed by atoms with E-state index in [4.69, 9.17) is 35.8 Å². The zero-order valence-corrected chi connectivity index (χ0v) is 27.8. The first-order chi connectivity index (χ1) is 22.1. The van der Waals surface area contributed by atoms with Crippen LogP contribution < -0.4 is 29.5 Å². The van der Waals surface area contributed by atoms with Gasteiger partial charge in [0, 0.05) is 87.3 Å². The van der Waals surface area contributed by atoms with Crippen molar-refractivity contribution in [3.8, 4) is 22.8 Å². The number of methoxy groups -OCH3 is 2. The number of rotatable bonds is 7. The molecule has 13 heteroatoms. The van der Waals surface area contributed by atoms with Crippen molar-refractivity contribution in [2.45, 2.75) is 45.3 Å². The van der Waals surface area contributed by atoms with Gasteiger partial charge in [0.15, 0.2) is 0 Å². The Morgan fingerprint density at radius 2 is 1.63 bits per heavy atom. The predicted octanol–water partition coefficient (Wildman–Crippen LogP) is 5.28. The summed E-state index contributed by atoms with van der Waals surface area (Å²) in [4.78, 5) is 33.5. The van der Waals surface area contributed by atoms with E-state index in [9.17, 15) is 4.79 Å². The number of hydrogen-bond acceptors (Lipinski definition) is 10. The molecule has 2 saturated heterocycles. The van der Waals surface area contributed by atoms with Crippen LogP contribution in [0.3, 0.4) is 0 Å². The molecular weight excluding hydrogens is 608 g/mol. The Labute approximate surface area is 274 Å². The lowest BCUT2D eigenvalue weighted by molar-refractivity contribution is 0.0497. The van der Waals surface area contributed by atoms with Gasteiger partial charge in [-0.3, -0.25) is 0 Å². The van der Waals surface area contributed by atoms with E-state index in [1.54, 1.807) is 20.3 Å². The lowest BCUT2D eigenvalue weighted by atomic mass is 10.1. The summed E-state index contributed by atoms with van der Waals surface area (Å²) in [7, 11) is 3.20. The van der Waals surface area contributed by atoms with E-state index in [1.807, 2.05) is 55.9 Å². The summed E-state index contributed by atoms with van der Waals surface area (Å²) in [6.07, 6.45) is 7.15. The summed E-state index contributed by atoms with van der Waals surface area (Å²) in [5.74, 6) is 2.86. The number of imidazole rings is 1. The van der Waals surface area contributed by atoms with Crippen LogP contribution in [0.2, 0.25) is 5.02 Å². The van der Waals surface area contributed by atoms with Crippen molar-refractivity contribution in [3.05, 3.63) is 53.9 Å². The monoisotopic (exact) mass is 648 g/mol. The fraction of sp³-hybridized carbons (Fsp3) is 0.455. The van der Waals surface area contributed by atoms with Crippen LogP contribution in [0.15, 0.2) is 48.9 Å². The Balaban J connectivity index is 1.07. The van der Waals surface area contributed by atoms with E-state index in [0.717, 1.165) is 86.5 Å². The van der Waals surface area contributed by atoms with Gasteiger partial charge >= 0.3 is 6.09 Å². The molecule has 2 aliphatic rings. The molecule has 6 rings (SSSR count). The third kappa shape index (κ3) is 7.01. The molecule has 0 unspecified atom stereocenters. The molecule has 1 N–H and O–H groups in total. The van der Waals surface area contributed by atoms with Crippen LogP contribution >= 0.6 is 11.6 Å². The minimum absolute atomic E-state index is 0.0945. The number of carbonyl (C=O) groups excluding carboxylic acids is 1. The summed E-state index contributed by atoms with van der Waals surface area (Å²) in [5.41, 5.74) is 3.01. The van der Waals surface area contributed by atoms with Crippen LogP contribution in [0.25, 0.3) is 16.9 Å². The minimum Gasteiger partial charge on any atom is -0.496 e. The van der Waals surface area contributed by atoms with E-state index in [2.05, 4.69) is 37.1 Å². The van der Waals surface area contributed by atoms with Crippen LogP contribution in [0.4, 0.5) is 22.2 Å². The normalized spacial score (nSPS) is 16.1. The van der Waals surface area contributed by atoms with Crippen molar-refractivity contribution in [3.63, 3.8) is 0 Å². The number of hydrogen-bond donors (Lipinski definition) is 1. The summed E-state index contributed by atoms with van der Waals surface area (Å²) < 4.78 is 18.4. The number of pyridine rings is 1. The third-order valence-corrected chi connectivity index (χ3v) is 8.58. The van der Waals surface area contributed by atoms with Gasteiger partial charge in [0.2, 0.25) is 5.95 Å². The summed E-state index contributed by atoms with van der Waals surface area (Å²) in [6.45, 7) is 10.5. The second-order valence-electron chi connectivity index (χ2n) is 12.6. The van der Waals surface area contributed by atoms with Gasteiger partial charge in [0.05, 0.1) is 24.9 Å². The molecule has 0 aliphatic carbocycles. The molecule has 1 aromatic carbocycles. The number of anilines is 3. The Morgan fingerprint density at radius 1 is 0.913 bits per heavy atom. The predicted molar refractivity (Wildman–Crippen MR) is 180 cm³/mol. The lowest BCUT2D eigenvalue weighted by Crippen LogP contribution is -2.47. The van der Waals surface area contributed by atoms with E-state index >= 15 is 0 Å². The number of nitrogens with zero attached hydrogens (tertiary/aromatic N) is 7. The maximum atomic E-state index is 12.2. The number of halogens is 1. The molecule has 3 aromatic heterocycles. The molecule has 1 amide bonds. The number of fused-ring (bicyclic) bond motifs is 1. The van der Waals surface area contributed by atoms with Gasteiger partial charge in [0.25, 0.3) is 0 Å². The van der Waals surface area contributed by atoms with Crippen molar-refractivity contribution in [2.75, 3.05) is 68.2 Å². The highest BCUT2D eigenvalue weighted by Gasteiger charge is 2.26. The first-order valence-corrected chi connectivity index (χ1v) is 16.0. The SMILES string of the molecule is COc1cc(OC)c(-c2cn3ccc(N4CCN(c5nccc(N6CCC(NC(=O)OC(C)(C)C)CC6)n5)CC4)cc3n2)cc1Cl. The molecule has 0 saturated carbocycles. The Kier molecular flexibility index (Phi) is 8.99. The number of alkyl carbamates (subject to hydrolysis) is 1. The van der Waals surface area contributed by atoms with Crippen LogP contribution in [0, 0.1) is 0 Å². The highest BCUT2D eigenvalue weighted by molar-refractivity contribution is 6.32. The third-order valence-electron chi connectivity index (χ3n) is 8.29. The Bertz CT molecular complexity index is 1690. The maximum absolute atomic E-state index is 12.2. The minimum atomic E-state index is -0.506. The number of piperidine rings is 1. The Morgan fingerprint density at radius 3 is 2.33 bits per heavy atom. The average molecular weight is 649 g/mol. The summed E-state index contributed by atoms with van der Waals surface area (Å²) in [6, 6.07) is 9.88. The number of piperazine rings is 1. The first kappa shape index (κ1) is 31.5. The van der Waals surface area contributed by atoms with E-state index in [-0.39, 0.29) is 12.1 Å². The molecule has 4 aromatic rings. The fourth-order valence-corrected chi connectivity index (χ4v) is 6.16. The fourth-order valence-electron chi connectivity index (χ4n) is 5.92. The summed E-state index contributed by atoms with van der Waals surface area (Å²) >= 11 is 6.42. The first-order valence-electron chi connectivity index (χ1n) is 15.6. The average Bonchev–Trinajstić information content (AvgIpc) is 3.48. The van der Waals surface area contributed by atoms with Gasteiger partial charge in [-0.25, -0.2) is 14.8 Å². The second kappa shape index (κ2) is 13.1. The molecule has 2 aliphatic heterocycles. The van der Waals surface area contributed by atoms with E-state index < -0.39 is 5.60 Å².